The van der Waals surface area contributed by atoms with Gasteiger partial charge in [-0.2, -0.15) is 0 Å². The number of aromatic nitrogens is 3. The van der Waals surface area contributed by atoms with Crippen molar-refractivity contribution in [3.05, 3.63) is 29.6 Å². The number of rotatable bonds is 2. The molecule has 2 aliphatic heterocycles. The van der Waals surface area contributed by atoms with E-state index in [1.165, 1.54) is 0 Å². The third-order valence-corrected chi connectivity index (χ3v) is 5.38. The van der Waals surface area contributed by atoms with Crippen molar-refractivity contribution in [3.63, 3.8) is 0 Å². The van der Waals surface area contributed by atoms with E-state index in [0.717, 1.165) is 29.2 Å². The van der Waals surface area contributed by atoms with Crippen LogP contribution in [0.15, 0.2) is 18.3 Å². The molecule has 1 unspecified atom stereocenters. The molecule has 1 amide bonds. The number of amides is 1. The summed E-state index contributed by atoms with van der Waals surface area (Å²) in [7, 11) is 0. The van der Waals surface area contributed by atoms with E-state index >= 15 is 0 Å². The standard InChI is InChI=1S/C22H30N6O3/c1-14-13-30-10-9-28(14)20-16-7-8-27(21(29)31-22(2,3)4)12-17(16)25-19(26-20)15-5-6-18(23)24-11-15/h5-6,11,14H,7-10,12-13H2,1-4H3,(H2,23,24). The molecule has 1 atom stereocenters. The van der Waals surface area contributed by atoms with Gasteiger partial charge in [-0.25, -0.2) is 19.7 Å². The van der Waals surface area contributed by atoms with Gasteiger partial charge >= 0.3 is 6.09 Å². The van der Waals surface area contributed by atoms with E-state index in [9.17, 15) is 4.79 Å². The maximum Gasteiger partial charge on any atom is 0.410 e. The second kappa shape index (κ2) is 8.30. The number of carbonyl (C=O) groups excluding carboxylic acids is 1. The molecule has 4 rings (SSSR count). The summed E-state index contributed by atoms with van der Waals surface area (Å²) in [5, 5.41) is 0. The number of ether oxygens (including phenoxy) is 2. The quantitative estimate of drug-likeness (QED) is 0.781. The Morgan fingerprint density at radius 2 is 2.06 bits per heavy atom. The van der Waals surface area contributed by atoms with Crippen molar-refractivity contribution in [2.75, 3.05) is 36.9 Å². The lowest BCUT2D eigenvalue weighted by Gasteiger charge is -2.38. The maximum absolute atomic E-state index is 12.7. The number of hydrogen-bond donors (Lipinski definition) is 1. The summed E-state index contributed by atoms with van der Waals surface area (Å²) < 4.78 is 11.2. The molecule has 2 N–H and O–H groups in total. The van der Waals surface area contributed by atoms with Crippen LogP contribution in [0.2, 0.25) is 0 Å². The zero-order valence-corrected chi connectivity index (χ0v) is 18.6. The van der Waals surface area contributed by atoms with Crippen LogP contribution in [0.4, 0.5) is 16.4 Å². The van der Waals surface area contributed by atoms with Crippen LogP contribution in [0.1, 0.15) is 39.0 Å². The molecule has 0 saturated carbocycles. The molecule has 31 heavy (non-hydrogen) atoms. The molecule has 0 spiro atoms. The van der Waals surface area contributed by atoms with Crippen LogP contribution in [0.25, 0.3) is 11.4 Å². The summed E-state index contributed by atoms with van der Waals surface area (Å²) in [6, 6.07) is 3.81. The van der Waals surface area contributed by atoms with Gasteiger partial charge in [-0.3, -0.25) is 0 Å². The summed E-state index contributed by atoms with van der Waals surface area (Å²) in [5.74, 6) is 1.93. The molecule has 4 heterocycles. The van der Waals surface area contributed by atoms with E-state index in [1.807, 2.05) is 26.8 Å². The highest BCUT2D eigenvalue weighted by Gasteiger charge is 2.32. The van der Waals surface area contributed by atoms with E-state index in [1.54, 1.807) is 17.2 Å². The van der Waals surface area contributed by atoms with Gasteiger partial charge < -0.3 is 25.0 Å². The number of nitrogens with two attached hydrogens (primary N) is 1. The second-order valence-corrected chi connectivity index (χ2v) is 9.04. The molecule has 0 aromatic carbocycles. The van der Waals surface area contributed by atoms with Crippen molar-refractivity contribution in [1.29, 1.82) is 0 Å². The normalized spacial score (nSPS) is 19.2. The number of hydrogen-bond acceptors (Lipinski definition) is 8. The number of anilines is 2. The van der Waals surface area contributed by atoms with Crippen LogP contribution in [0.3, 0.4) is 0 Å². The minimum Gasteiger partial charge on any atom is -0.444 e. The SMILES string of the molecule is CC1COCCN1c1nc(-c2ccc(N)nc2)nc2c1CCN(C(=O)OC(C)(C)C)C2. The number of nitrogens with zero attached hydrogens (tertiary/aromatic N) is 5. The fraction of sp³-hybridized carbons (Fsp3) is 0.545. The molecule has 2 aromatic rings. The largest absolute Gasteiger partial charge is 0.444 e. The van der Waals surface area contributed by atoms with Gasteiger partial charge in [0.05, 0.1) is 31.5 Å². The molecule has 0 bridgehead atoms. The van der Waals surface area contributed by atoms with Gasteiger partial charge in [0.2, 0.25) is 0 Å². The lowest BCUT2D eigenvalue weighted by Crippen LogP contribution is -2.46. The fourth-order valence-corrected chi connectivity index (χ4v) is 3.84. The first-order chi connectivity index (χ1) is 14.7. The number of fused-ring (bicyclic) bond motifs is 1. The average molecular weight is 427 g/mol. The van der Waals surface area contributed by atoms with Crippen LogP contribution in [0, 0.1) is 0 Å². The third kappa shape index (κ3) is 4.71. The monoisotopic (exact) mass is 426 g/mol. The van der Waals surface area contributed by atoms with Gasteiger partial charge in [0.15, 0.2) is 5.82 Å². The van der Waals surface area contributed by atoms with Crippen molar-refractivity contribution in [3.8, 4) is 11.4 Å². The number of morpholine rings is 1. The zero-order valence-electron chi connectivity index (χ0n) is 18.6. The Labute approximate surface area is 182 Å². The number of nitrogen functional groups attached to an aromatic ring is 1. The molecule has 2 aliphatic rings. The highest BCUT2D eigenvalue weighted by molar-refractivity contribution is 5.69. The Balaban J connectivity index is 1.73. The third-order valence-electron chi connectivity index (χ3n) is 5.38. The highest BCUT2D eigenvalue weighted by atomic mass is 16.6. The molecule has 166 valence electrons. The van der Waals surface area contributed by atoms with Crippen LogP contribution >= 0.6 is 0 Å². The molecule has 9 heteroatoms. The highest BCUT2D eigenvalue weighted by Crippen LogP contribution is 2.31. The Kier molecular flexibility index (Phi) is 5.70. The maximum atomic E-state index is 12.7. The predicted molar refractivity (Wildman–Crippen MR) is 118 cm³/mol. The zero-order chi connectivity index (χ0) is 22.2. The minimum atomic E-state index is -0.543. The molecule has 1 fully saturated rings. The summed E-state index contributed by atoms with van der Waals surface area (Å²) in [5.41, 5.74) is 7.92. The topological polar surface area (TPSA) is 107 Å². The second-order valence-electron chi connectivity index (χ2n) is 9.04. The molecular weight excluding hydrogens is 396 g/mol. The smallest absolute Gasteiger partial charge is 0.410 e. The summed E-state index contributed by atoms with van der Waals surface area (Å²) in [4.78, 5) is 30.6. The average Bonchev–Trinajstić information content (AvgIpc) is 2.72. The molecule has 1 saturated heterocycles. The first-order valence-electron chi connectivity index (χ1n) is 10.7. The van der Waals surface area contributed by atoms with Crippen molar-refractivity contribution in [2.45, 2.75) is 52.3 Å². The van der Waals surface area contributed by atoms with Gasteiger partial charge in [0.25, 0.3) is 0 Å². The predicted octanol–water partition coefficient (Wildman–Crippen LogP) is 2.64. The Hall–Kier alpha value is -2.94. The Bertz CT molecular complexity index is 957. The van der Waals surface area contributed by atoms with Crippen LogP contribution in [-0.4, -0.2) is 63.9 Å². The summed E-state index contributed by atoms with van der Waals surface area (Å²) in [6.07, 6.45) is 2.03. The first-order valence-corrected chi connectivity index (χ1v) is 10.7. The Morgan fingerprint density at radius 1 is 1.26 bits per heavy atom. The first kappa shape index (κ1) is 21.3. The lowest BCUT2D eigenvalue weighted by molar-refractivity contribution is 0.0220. The molecular formula is C22H30N6O3. The van der Waals surface area contributed by atoms with Crippen LogP contribution in [0.5, 0.6) is 0 Å². The van der Waals surface area contributed by atoms with Crippen molar-refractivity contribution in [1.82, 2.24) is 19.9 Å². The van der Waals surface area contributed by atoms with E-state index in [4.69, 9.17) is 25.2 Å². The molecule has 0 radical (unpaired) electrons. The van der Waals surface area contributed by atoms with Gasteiger partial charge in [0, 0.05) is 30.4 Å². The van der Waals surface area contributed by atoms with Gasteiger partial charge in [0.1, 0.15) is 17.2 Å². The lowest BCUT2D eigenvalue weighted by atomic mass is 10.0. The fourth-order valence-electron chi connectivity index (χ4n) is 3.84. The number of carbonyl (C=O) groups is 1. The van der Waals surface area contributed by atoms with Gasteiger partial charge in [-0.15, -0.1) is 0 Å². The van der Waals surface area contributed by atoms with E-state index in [0.29, 0.717) is 44.4 Å². The van der Waals surface area contributed by atoms with Crippen LogP contribution in [-0.2, 0) is 22.4 Å². The van der Waals surface area contributed by atoms with E-state index < -0.39 is 5.60 Å². The minimum absolute atomic E-state index is 0.203. The van der Waals surface area contributed by atoms with Crippen molar-refractivity contribution < 1.29 is 14.3 Å². The number of pyridine rings is 1. The molecule has 9 nitrogen and oxygen atoms in total. The van der Waals surface area contributed by atoms with E-state index in [-0.39, 0.29) is 12.1 Å². The van der Waals surface area contributed by atoms with Gasteiger partial charge in [-0.05, 0) is 46.2 Å². The molecule has 2 aromatic heterocycles. The van der Waals surface area contributed by atoms with E-state index in [2.05, 4.69) is 16.8 Å². The van der Waals surface area contributed by atoms with Gasteiger partial charge in [-0.1, -0.05) is 0 Å². The summed E-state index contributed by atoms with van der Waals surface area (Å²) in [6.45, 7) is 10.8. The Morgan fingerprint density at radius 3 is 2.74 bits per heavy atom. The van der Waals surface area contributed by atoms with Crippen molar-refractivity contribution in [2.24, 2.45) is 0 Å². The molecule has 0 aliphatic carbocycles. The van der Waals surface area contributed by atoms with Crippen LogP contribution < -0.4 is 10.6 Å². The summed E-state index contributed by atoms with van der Waals surface area (Å²) >= 11 is 0. The van der Waals surface area contributed by atoms with Crippen molar-refractivity contribution >= 4 is 17.7 Å².